The Hall–Kier alpha value is -3.45. The summed E-state index contributed by atoms with van der Waals surface area (Å²) in [4.78, 5) is 17.2. The van der Waals surface area contributed by atoms with E-state index in [1.165, 1.54) is 0 Å². The van der Waals surface area contributed by atoms with E-state index in [0.29, 0.717) is 16.7 Å². The summed E-state index contributed by atoms with van der Waals surface area (Å²) in [5.41, 5.74) is 1.71. The van der Waals surface area contributed by atoms with Crippen molar-refractivity contribution in [1.29, 1.82) is 0 Å². The molecule has 0 saturated carbocycles. The van der Waals surface area contributed by atoms with Crippen molar-refractivity contribution in [1.82, 2.24) is 24.5 Å². The molecule has 7 nitrogen and oxygen atoms in total. The summed E-state index contributed by atoms with van der Waals surface area (Å²) < 4.78 is 3.24. The van der Waals surface area contributed by atoms with Crippen LogP contribution < -0.4 is 5.32 Å². The maximum atomic E-state index is 12.9. The van der Waals surface area contributed by atoms with Gasteiger partial charge in [0.05, 0.1) is 11.4 Å². The summed E-state index contributed by atoms with van der Waals surface area (Å²) in [6.45, 7) is 6.20. The number of amides is 1. The molecule has 0 saturated heterocycles. The molecule has 0 aliphatic rings. The maximum Gasteiger partial charge on any atom is 0.277 e. The van der Waals surface area contributed by atoms with Crippen molar-refractivity contribution in [3.63, 3.8) is 0 Å². The summed E-state index contributed by atoms with van der Waals surface area (Å²) in [6, 6.07) is 16.3. The average molecular weight is 421 g/mol. The molecule has 0 bridgehead atoms. The molecule has 0 aliphatic carbocycles. The highest BCUT2D eigenvalue weighted by molar-refractivity contribution is 6.30. The molecule has 152 valence electrons. The lowest BCUT2D eigenvalue weighted by molar-refractivity contribution is 0.102. The van der Waals surface area contributed by atoms with E-state index in [0.717, 1.165) is 11.4 Å². The number of nitrogens with zero attached hydrogens (tertiary/aromatic N) is 5. The minimum atomic E-state index is -0.340. The van der Waals surface area contributed by atoms with Crippen LogP contribution in [0.15, 0.2) is 67.0 Å². The van der Waals surface area contributed by atoms with Crippen LogP contribution in [0.2, 0.25) is 5.02 Å². The van der Waals surface area contributed by atoms with Gasteiger partial charge in [-0.25, -0.2) is 9.67 Å². The Kier molecular flexibility index (Phi) is 5.13. The van der Waals surface area contributed by atoms with Gasteiger partial charge < -0.3 is 5.32 Å². The zero-order valence-electron chi connectivity index (χ0n) is 16.9. The first-order chi connectivity index (χ1) is 14.3. The maximum absolute atomic E-state index is 12.9. The molecule has 4 aromatic rings. The number of halogens is 1. The first-order valence-corrected chi connectivity index (χ1v) is 9.84. The highest BCUT2D eigenvalue weighted by atomic mass is 35.5. The lowest BCUT2D eigenvalue weighted by atomic mass is 9.92. The second-order valence-electron chi connectivity index (χ2n) is 7.84. The van der Waals surface area contributed by atoms with Gasteiger partial charge in [0.15, 0.2) is 11.5 Å². The average Bonchev–Trinajstić information content (AvgIpc) is 3.36. The van der Waals surface area contributed by atoms with Crippen LogP contribution in [0.25, 0.3) is 11.5 Å². The Bertz CT molecular complexity index is 1190. The van der Waals surface area contributed by atoms with Crippen molar-refractivity contribution < 1.29 is 4.79 Å². The van der Waals surface area contributed by atoms with Crippen LogP contribution in [0.4, 0.5) is 5.82 Å². The van der Waals surface area contributed by atoms with Gasteiger partial charge in [0, 0.05) is 28.9 Å². The molecule has 1 N–H and O–H groups in total. The van der Waals surface area contributed by atoms with Gasteiger partial charge in [-0.3, -0.25) is 4.79 Å². The van der Waals surface area contributed by atoms with Crippen LogP contribution in [0.1, 0.15) is 37.0 Å². The van der Waals surface area contributed by atoms with Crippen LogP contribution in [0.3, 0.4) is 0 Å². The van der Waals surface area contributed by atoms with Gasteiger partial charge in [-0.05, 0) is 36.4 Å². The van der Waals surface area contributed by atoms with Gasteiger partial charge in [-0.15, -0.1) is 0 Å². The smallest absolute Gasteiger partial charge is 0.277 e. The number of rotatable bonds is 4. The summed E-state index contributed by atoms with van der Waals surface area (Å²) in [7, 11) is 0. The quantitative estimate of drug-likeness (QED) is 0.521. The van der Waals surface area contributed by atoms with E-state index in [9.17, 15) is 4.79 Å². The lowest BCUT2D eigenvalue weighted by Gasteiger charge is -2.13. The molecule has 8 heteroatoms. The van der Waals surface area contributed by atoms with Gasteiger partial charge in [0.25, 0.3) is 5.91 Å². The molecule has 3 aromatic heterocycles. The number of benzene rings is 1. The number of carbonyl (C=O) groups is 1. The van der Waals surface area contributed by atoms with Crippen LogP contribution in [-0.4, -0.2) is 30.5 Å². The summed E-state index contributed by atoms with van der Waals surface area (Å²) in [5, 5.41) is 12.6. The Morgan fingerprint density at radius 3 is 2.57 bits per heavy atom. The predicted octanol–water partition coefficient (Wildman–Crippen LogP) is 4.66. The molecule has 0 atom stereocenters. The molecule has 3 heterocycles. The van der Waals surface area contributed by atoms with E-state index >= 15 is 0 Å². The minimum absolute atomic E-state index is 0.187. The molecule has 1 aromatic carbocycles. The molecule has 1 amide bonds. The van der Waals surface area contributed by atoms with Crippen molar-refractivity contribution in [2.24, 2.45) is 0 Å². The molecule has 0 aliphatic heterocycles. The number of aromatic nitrogens is 5. The normalized spacial score (nSPS) is 11.5. The van der Waals surface area contributed by atoms with Crippen molar-refractivity contribution in [2.45, 2.75) is 26.2 Å². The molecular formula is C22H21ClN6O. The number of pyridine rings is 1. The Morgan fingerprint density at radius 2 is 1.87 bits per heavy atom. The fourth-order valence-corrected chi connectivity index (χ4v) is 3.06. The molecule has 0 fully saturated rings. The molecule has 30 heavy (non-hydrogen) atoms. The Balaban J connectivity index is 1.64. The van der Waals surface area contributed by atoms with Gasteiger partial charge in [-0.1, -0.05) is 44.5 Å². The summed E-state index contributed by atoms with van der Waals surface area (Å²) >= 11 is 6.05. The number of carbonyl (C=O) groups excluding carboxylic acids is 1. The minimum Gasteiger partial charge on any atom is -0.305 e. The molecule has 0 unspecified atom stereocenters. The summed E-state index contributed by atoms with van der Waals surface area (Å²) in [6.07, 6.45) is 3.41. The largest absolute Gasteiger partial charge is 0.305 e. The van der Waals surface area contributed by atoms with Gasteiger partial charge >= 0.3 is 0 Å². The summed E-state index contributed by atoms with van der Waals surface area (Å²) in [5.74, 6) is 0.807. The highest BCUT2D eigenvalue weighted by Gasteiger charge is 2.22. The zero-order valence-corrected chi connectivity index (χ0v) is 17.6. The third kappa shape index (κ3) is 4.11. The van der Waals surface area contributed by atoms with Gasteiger partial charge in [-0.2, -0.15) is 14.9 Å². The SMILES string of the molecule is CC(C)(C)c1cc(NC(=O)c2ccn(-c3cccc(Cl)c3)n2)n(-c2ccccn2)n1. The number of nitrogens with one attached hydrogen (secondary N) is 1. The zero-order chi connectivity index (χ0) is 21.3. The first kappa shape index (κ1) is 19.8. The highest BCUT2D eigenvalue weighted by Crippen LogP contribution is 2.26. The lowest BCUT2D eigenvalue weighted by Crippen LogP contribution is -2.16. The molecular weight excluding hydrogens is 400 g/mol. The van der Waals surface area contributed by atoms with E-state index < -0.39 is 0 Å². The monoisotopic (exact) mass is 420 g/mol. The van der Waals surface area contributed by atoms with Crippen molar-refractivity contribution in [3.8, 4) is 11.5 Å². The van der Waals surface area contributed by atoms with Crippen molar-refractivity contribution >= 4 is 23.3 Å². The number of hydrogen-bond acceptors (Lipinski definition) is 4. The van der Waals surface area contributed by atoms with E-state index in [4.69, 9.17) is 11.6 Å². The van der Waals surface area contributed by atoms with E-state index in [1.807, 2.05) is 36.4 Å². The molecule has 0 spiro atoms. The van der Waals surface area contributed by atoms with Crippen molar-refractivity contribution in [3.05, 3.63) is 83.4 Å². The topological polar surface area (TPSA) is 77.6 Å². The van der Waals surface area contributed by atoms with E-state index in [1.54, 1.807) is 40.0 Å². The van der Waals surface area contributed by atoms with Crippen LogP contribution in [-0.2, 0) is 5.41 Å². The third-order valence-corrected chi connectivity index (χ3v) is 4.72. The third-order valence-electron chi connectivity index (χ3n) is 4.48. The number of anilines is 1. The standard InChI is InChI=1S/C22H21ClN6O/c1-22(2,3)18-14-20(29(27-18)19-9-4-5-11-24-19)25-21(30)17-10-12-28(26-17)16-8-6-7-15(23)13-16/h4-14H,1-3H3,(H,25,30). The second kappa shape index (κ2) is 7.76. The predicted molar refractivity (Wildman–Crippen MR) is 117 cm³/mol. The van der Waals surface area contributed by atoms with E-state index in [-0.39, 0.29) is 17.0 Å². The Morgan fingerprint density at radius 1 is 1.03 bits per heavy atom. The van der Waals surface area contributed by atoms with Gasteiger partial charge in [0.2, 0.25) is 0 Å². The van der Waals surface area contributed by atoms with Crippen LogP contribution in [0, 0.1) is 0 Å². The first-order valence-electron chi connectivity index (χ1n) is 9.46. The fourth-order valence-electron chi connectivity index (χ4n) is 2.88. The fraction of sp³-hybridized carbons (Fsp3) is 0.182. The number of hydrogen-bond donors (Lipinski definition) is 1. The Labute approximate surface area is 179 Å². The second-order valence-corrected chi connectivity index (χ2v) is 8.28. The van der Waals surface area contributed by atoms with Crippen molar-refractivity contribution in [2.75, 3.05) is 5.32 Å². The molecule has 0 radical (unpaired) electrons. The van der Waals surface area contributed by atoms with Gasteiger partial charge in [0.1, 0.15) is 5.82 Å². The van der Waals surface area contributed by atoms with Crippen LogP contribution in [0.5, 0.6) is 0 Å². The molecule has 4 rings (SSSR count). The van der Waals surface area contributed by atoms with Crippen LogP contribution >= 0.6 is 11.6 Å². The van der Waals surface area contributed by atoms with E-state index in [2.05, 4.69) is 41.3 Å².